The largest absolute Gasteiger partial charge is 0.328 e. The highest BCUT2D eigenvalue weighted by Gasteiger charge is 1.76. The SMILES string of the molecule is Br.Br.OP(O)O. The van der Waals surface area contributed by atoms with Gasteiger partial charge in [-0.2, -0.15) is 0 Å². The molecule has 0 spiro atoms. The molecule has 0 radical (unpaired) electrons. The van der Waals surface area contributed by atoms with Gasteiger partial charge in [-0.1, -0.05) is 0 Å². The zero-order valence-electron chi connectivity index (χ0n) is 2.61. The van der Waals surface area contributed by atoms with Gasteiger partial charge in [0, 0.05) is 0 Å². The topological polar surface area (TPSA) is 60.7 Å². The molecule has 0 aliphatic rings. The molecule has 6 heteroatoms. The highest BCUT2D eigenvalue weighted by Crippen LogP contribution is 2.11. The Bertz CT molecular complexity index is 13.5. The van der Waals surface area contributed by atoms with Crippen LogP contribution in [0.25, 0.3) is 0 Å². The monoisotopic (exact) mass is 242 g/mol. The van der Waals surface area contributed by atoms with Crippen LogP contribution in [0, 0.1) is 0 Å². The lowest BCUT2D eigenvalue weighted by Gasteiger charge is -1.76. The first-order valence-corrected chi connectivity index (χ1v) is 1.80. The summed E-state index contributed by atoms with van der Waals surface area (Å²) in [6.45, 7) is 0. The molecule has 0 aromatic rings. The molecular weight excluding hydrogens is 239 g/mol. The maximum atomic E-state index is 7.23. The van der Waals surface area contributed by atoms with Crippen LogP contribution in [0.2, 0.25) is 0 Å². The smallest absolute Gasteiger partial charge is 0.324 e. The molecule has 0 atom stereocenters. The summed E-state index contributed by atoms with van der Waals surface area (Å²) >= 11 is 0. The maximum Gasteiger partial charge on any atom is 0.324 e. The van der Waals surface area contributed by atoms with E-state index in [-0.39, 0.29) is 34.0 Å². The van der Waals surface area contributed by atoms with Crippen LogP contribution in [0.1, 0.15) is 0 Å². The van der Waals surface area contributed by atoms with Gasteiger partial charge in [-0.25, -0.2) is 0 Å². The first-order valence-electron chi connectivity index (χ1n) is 0.600. The van der Waals surface area contributed by atoms with Crippen molar-refractivity contribution in [2.24, 2.45) is 0 Å². The van der Waals surface area contributed by atoms with Gasteiger partial charge in [0.25, 0.3) is 0 Å². The number of hydrogen-bond donors (Lipinski definition) is 3. The lowest BCUT2D eigenvalue weighted by molar-refractivity contribution is 0.368. The Hall–Kier alpha value is 1.27. The summed E-state index contributed by atoms with van der Waals surface area (Å²) in [6, 6.07) is 0. The summed E-state index contributed by atoms with van der Waals surface area (Å²) in [5.41, 5.74) is 0. The Balaban J connectivity index is -0.0000000450. The van der Waals surface area contributed by atoms with E-state index >= 15 is 0 Å². The van der Waals surface area contributed by atoms with Crippen LogP contribution in [-0.4, -0.2) is 14.7 Å². The second-order valence-electron chi connectivity index (χ2n) is 0.268. The first-order chi connectivity index (χ1) is 1.73. The minimum atomic E-state index is -2.62. The van der Waals surface area contributed by atoms with E-state index in [9.17, 15) is 0 Å². The lowest BCUT2D eigenvalue weighted by Crippen LogP contribution is -1.54. The van der Waals surface area contributed by atoms with Crippen molar-refractivity contribution in [3.63, 3.8) is 0 Å². The Kier molecular flexibility index (Phi) is 25.0. The molecule has 0 saturated heterocycles. The standard InChI is InChI=1S/2BrH.H3O3P/c;;1-4(2)3/h2*1H;1-3H. The van der Waals surface area contributed by atoms with Crippen molar-refractivity contribution in [3.8, 4) is 0 Å². The molecule has 0 aromatic heterocycles. The van der Waals surface area contributed by atoms with Crippen molar-refractivity contribution in [2.75, 3.05) is 0 Å². The number of hydrogen-bond acceptors (Lipinski definition) is 3. The van der Waals surface area contributed by atoms with Crippen molar-refractivity contribution in [2.45, 2.75) is 0 Å². The molecule has 3 nitrogen and oxygen atoms in total. The highest BCUT2D eigenvalue weighted by molar-refractivity contribution is 8.93. The molecule has 42 valence electrons. The van der Waals surface area contributed by atoms with Crippen LogP contribution in [0.15, 0.2) is 0 Å². The van der Waals surface area contributed by atoms with E-state index < -0.39 is 8.60 Å². The van der Waals surface area contributed by atoms with Crippen molar-refractivity contribution >= 4 is 42.6 Å². The number of rotatable bonds is 0. The third kappa shape index (κ3) is 59.6. The van der Waals surface area contributed by atoms with Crippen LogP contribution in [0.5, 0.6) is 0 Å². The lowest BCUT2D eigenvalue weighted by atomic mass is 15.8. The Labute approximate surface area is 57.5 Å². The van der Waals surface area contributed by atoms with Gasteiger partial charge in [0.05, 0.1) is 0 Å². The maximum absolute atomic E-state index is 7.23. The molecule has 0 saturated carbocycles. The Morgan fingerprint density at radius 3 is 0.833 bits per heavy atom. The third-order valence-electron chi connectivity index (χ3n) is 0. The van der Waals surface area contributed by atoms with Gasteiger partial charge in [0.2, 0.25) is 0 Å². The van der Waals surface area contributed by atoms with Gasteiger partial charge in [-0.15, -0.1) is 34.0 Å². The summed E-state index contributed by atoms with van der Waals surface area (Å²) in [6.07, 6.45) is 0. The summed E-state index contributed by atoms with van der Waals surface area (Å²) in [5, 5.41) is 0. The molecule has 0 aromatic carbocycles. The molecule has 0 unspecified atom stereocenters. The fourth-order valence-electron chi connectivity index (χ4n) is 0. The zero-order chi connectivity index (χ0) is 3.58. The average Bonchev–Trinajstić information content (AvgIpc) is 0.811. The van der Waals surface area contributed by atoms with E-state index in [0.29, 0.717) is 0 Å². The minimum Gasteiger partial charge on any atom is -0.328 e. The number of halogens is 2. The van der Waals surface area contributed by atoms with Crippen molar-refractivity contribution < 1.29 is 14.7 Å². The third-order valence-corrected chi connectivity index (χ3v) is 0. The van der Waals surface area contributed by atoms with E-state index in [2.05, 4.69) is 0 Å². The minimum absolute atomic E-state index is 0. The van der Waals surface area contributed by atoms with E-state index in [1.807, 2.05) is 0 Å². The molecule has 6 heavy (non-hydrogen) atoms. The molecule has 0 bridgehead atoms. The second kappa shape index (κ2) is 9.55. The molecule has 0 amide bonds. The van der Waals surface area contributed by atoms with Crippen LogP contribution in [-0.2, 0) is 0 Å². The molecule has 0 aliphatic heterocycles. The van der Waals surface area contributed by atoms with E-state index in [0.717, 1.165) is 0 Å². The van der Waals surface area contributed by atoms with Crippen molar-refractivity contribution in [3.05, 3.63) is 0 Å². The van der Waals surface area contributed by atoms with Crippen LogP contribution in [0.4, 0.5) is 0 Å². The van der Waals surface area contributed by atoms with Gasteiger partial charge in [-0.3, -0.25) is 0 Å². The summed E-state index contributed by atoms with van der Waals surface area (Å²) in [4.78, 5) is 21.7. The van der Waals surface area contributed by atoms with Gasteiger partial charge in [-0.05, 0) is 0 Å². The van der Waals surface area contributed by atoms with Gasteiger partial charge < -0.3 is 14.7 Å². The fourth-order valence-corrected chi connectivity index (χ4v) is 0. The zero-order valence-corrected chi connectivity index (χ0v) is 6.93. The molecule has 0 fully saturated rings. The first kappa shape index (κ1) is 15.7. The van der Waals surface area contributed by atoms with E-state index in [4.69, 9.17) is 14.7 Å². The van der Waals surface area contributed by atoms with E-state index in [1.54, 1.807) is 0 Å². The van der Waals surface area contributed by atoms with E-state index in [1.165, 1.54) is 0 Å². The second-order valence-corrected chi connectivity index (χ2v) is 0.805. The van der Waals surface area contributed by atoms with Crippen LogP contribution < -0.4 is 0 Å². The molecule has 0 heterocycles. The van der Waals surface area contributed by atoms with Gasteiger partial charge in [0.15, 0.2) is 0 Å². The van der Waals surface area contributed by atoms with Crippen molar-refractivity contribution in [1.82, 2.24) is 0 Å². The molecule has 3 N–H and O–H groups in total. The van der Waals surface area contributed by atoms with Crippen LogP contribution in [0.3, 0.4) is 0 Å². The summed E-state index contributed by atoms with van der Waals surface area (Å²) in [5.74, 6) is 0. The van der Waals surface area contributed by atoms with Crippen LogP contribution >= 0.6 is 42.6 Å². The van der Waals surface area contributed by atoms with Crippen molar-refractivity contribution in [1.29, 1.82) is 0 Å². The normalized spacial score (nSPS) is 6.00. The molecule has 0 aliphatic carbocycles. The van der Waals surface area contributed by atoms with Gasteiger partial charge >= 0.3 is 8.60 Å². The quantitative estimate of drug-likeness (QED) is 0.538. The fraction of sp³-hybridized carbons (Fsp3) is 0. The Morgan fingerprint density at radius 1 is 0.833 bits per heavy atom. The predicted octanol–water partition coefficient (Wildman–Crippen LogP) is 0.346. The summed E-state index contributed by atoms with van der Waals surface area (Å²) in [7, 11) is -2.62. The highest BCUT2D eigenvalue weighted by atomic mass is 79.9. The predicted molar refractivity (Wildman–Crippen MR) is 34.2 cm³/mol. The molecule has 0 rings (SSSR count). The molecular formula is H5Br2O3P. The Morgan fingerprint density at radius 2 is 0.833 bits per heavy atom. The average molecular weight is 244 g/mol. The summed E-state index contributed by atoms with van der Waals surface area (Å²) < 4.78 is 0. The van der Waals surface area contributed by atoms with Gasteiger partial charge in [0.1, 0.15) is 0 Å².